The number of nitrogens with zero attached hydrogens (tertiary/aromatic N) is 2. The molecule has 2 N–H and O–H groups in total. The molecular formula is C19H19ClN4O3. The Bertz CT molecular complexity index is 994. The molecule has 0 spiro atoms. The lowest BCUT2D eigenvalue weighted by molar-refractivity contribution is -0.115. The zero-order chi connectivity index (χ0) is 19.4. The molecular weight excluding hydrogens is 368 g/mol. The number of nitrogens with one attached hydrogen (secondary N) is 2. The maximum atomic E-state index is 11.7. The Kier molecular flexibility index (Phi) is 5.61. The molecule has 8 heteroatoms. The first kappa shape index (κ1) is 18.7. The largest absolute Gasteiger partial charge is 0.493 e. The molecule has 0 aliphatic rings. The number of aromatic nitrogens is 2. The van der Waals surface area contributed by atoms with Gasteiger partial charge in [0.15, 0.2) is 11.5 Å². The van der Waals surface area contributed by atoms with Gasteiger partial charge in [0, 0.05) is 23.6 Å². The van der Waals surface area contributed by atoms with Gasteiger partial charge >= 0.3 is 0 Å². The normalized spacial score (nSPS) is 10.5. The van der Waals surface area contributed by atoms with Crippen LogP contribution in [0, 0.1) is 0 Å². The second kappa shape index (κ2) is 8.09. The van der Waals surface area contributed by atoms with Gasteiger partial charge in [0.1, 0.15) is 12.1 Å². The van der Waals surface area contributed by atoms with Crippen LogP contribution in [0.25, 0.3) is 10.9 Å². The first-order valence-electron chi connectivity index (χ1n) is 8.28. The smallest absolute Gasteiger partial charge is 0.224 e. The van der Waals surface area contributed by atoms with Crippen molar-refractivity contribution in [2.75, 3.05) is 24.9 Å². The van der Waals surface area contributed by atoms with Crippen molar-refractivity contribution in [3.63, 3.8) is 0 Å². The van der Waals surface area contributed by atoms with Gasteiger partial charge in [0.25, 0.3) is 0 Å². The van der Waals surface area contributed by atoms with Crippen LogP contribution in [0.1, 0.15) is 13.3 Å². The fourth-order valence-corrected chi connectivity index (χ4v) is 2.72. The van der Waals surface area contributed by atoms with E-state index in [1.807, 2.05) is 6.07 Å². The number of ether oxygens (including phenoxy) is 2. The van der Waals surface area contributed by atoms with Crippen LogP contribution >= 0.6 is 11.6 Å². The predicted octanol–water partition coefficient (Wildman–Crippen LogP) is 4.39. The van der Waals surface area contributed by atoms with Crippen LogP contribution in [-0.2, 0) is 4.79 Å². The number of hydrogen-bond donors (Lipinski definition) is 2. The molecule has 1 heterocycles. The molecule has 1 aromatic heterocycles. The molecule has 0 unspecified atom stereocenters. The van der Waals surface area contributed by atoms with Crippen LogP contribution in [0.4, 0.5) is 17.2 Å². The Hall–Kier alpha value is -3.06. The van der Waals surface area contributed by atoms with E-state index in [9.17, 15) is 4.79 Å². The van der Waals surface area contributed by atoms with Crippen molar-refractivity contribution < 1.29 is 14.3 Å². The van der Waals surface area contributed by atoms with Gasteiger partial charge in [-0.15, -0.1) is 0 Å². The highest BCUT2D eigenvalue weighted by Gasteiger charge is 2.12. The van der Waals surface area contributed by atoms with Crippen LogP contribution in [0.3, 0.4) is 0 Å². The summed E-state index contributed by atoms with van der Waals surface area (Å²) in [6, 6.07) is 8.87. The fourth-order valence-electron chi connectivity index (χ4n) is 2.56. The van der Waals surface area contributed by atoms with Gasteiger partial charge in [-0.1, -0.05) is 18.5 Å². The van der Waals surface area contributed by atoms with E-state index in [1.165, 1.54) is 6.33 Å². The van der Waals surface area contributed by atoms with E-state index in [4.69, 9.17) is 21.1 Å². The van der Waals surface area contributed by atoms with Gasteiger partial charge in [-0.25, -0.2) is 9.97 Å². The topological polar surface area (TPSA) is 85.4 Å². The standard InChI is InChI=1S/C19H19ClN4O3/c1-4-18(25)24-15-7-11(5-6-13(15)20)23-19-12-8-16(26-2)17(27-3)9-14(12)21-10-22-19/h5-10H,4H2,1-3H3,(H,24,25)(H,21,22,23). The van der Waals surface area contributed by atoms with Crippen molar-refractivity contribution in [2.45, 2.75) is 13.3 Å². The highest BCUT2D eigenvalue weighted by Crippen LogP contribution is 2.35. The van der Waals surface area contributed by atoms with E-state index in [0.717, 1.165) is 11.1 Å². The third-order valence-corrected chi connectivity index (χ3v) is 4.29. The summed E-state index contributed by atoms with van der Waals surface area (Å²) < 4.78 is 10.7. The van der Waals surface area contributed by atoms with E-state index in [-0.39, 0.29) is 5.91 Å². The molecule has 2 aromatic carbocycles. The van der Waals surface area contributed by atoms with Gasteiger partial charge in [-0.3, -0.25) is 4.79 Å². The monoisotopic (exact) mass is 386 g/mol. The molecule has 3 rings (SSSR count). The summed E-state index contributed by atoms with van der Waals surface area (Å²) in [5.41, 5.74) is 1.96. The van der Waals surface area contributed by atoms with Crippen LogP contribution in [0.15, 0.2) is 36.7 Å². The molecule has 0 bridgehead atoms. The van der Waals surface area contributed by atoms with Crippen LogP contribution in [0.2, 0.25) is 5.02 Å². The third kappa shape index (κ3) is 4.03. The second-order valence-electron chi connectivity index (χ2n) is 5.67. The average molecular weight is 387 g/mol. The minimum Gasteiger partial charge on any atom is -0.493 e. The summed E-state index contributed by atoms with van der Waals surface area (Å²) in [5, 5.41) is 7.24. The van der Waals surface area contributed by atoms with Crippen molar-refractivity contribution in [3.8, 4) is 11.5 Å². The van der Waals surface area contributed by atoms with Gasteiger partial charge in [0.05, 0.1) is 30.4 Å². The maximum Gasteiger partial charge on any atom is 0.224 e. The lowest BCUT2D eigenvalue weighted by Crippen LogP contribution is -2.10. The predicted molar refractivity (Wildman–Crippen MR) is 106 cm³/mol. The molecule has 0 saturated carbocycles. The molecule has 140 valence electrons. The number of halogens is 1. The minimum atomic E-state index is -0.113. The Labute approximate surface area is 161 Å². The van der Waals surface area contributed by atoms with Gasteiger partial charge < -0.3 is 20.1 Å². The third-order valence-electron chi connectivity index (χ3n) is 3.96. The molecule has 0 atom stereocenters. The van der Waals surface area contributed by atoms with Crippen molar-refractivity contribution >= 4 is 45.6 Å². The Morgan fingerprint density at radius 3 is 2.56 bits per heavy atom. The number of rotatable bonds is 6. The Morgan fingerprint density at radius 1 is 1.11 bits per heavy atom. The zero-order valence-corrected chi connectivity index (χ0v) is 15.9. The number of fused-ring (bicyclic) bond motifs is 1. The highest BCUT2D eigenvalue weighted by atomic mass is 35.5. The Balaban J connectivity index is 1.99. The van der Waals surface area contributed by atoms with Crippen molar-refractivity contribution in [2.24, 2.45) is 0 Å². The molecule has 3 aromatic rings. The summed E-state index contributed by atoms with van der Waals surface area (Å²) in [5.74, 6) is 1.65. The number of anilines is 3. The maximum absolute atomic E-state index is 11.7. The summed E-state index contributed by atoms with van der Waals surface area (Å²) in [6.07, 6.45) is 1.83. The summed E-state index contributed by atoms with van der Waals surface area (Å²) in [7, 11) is 3.15. The summed E-state index contributed by atoms with van der Waals surface area (Å²) in [6.45, 7) is 1.78. The molecule has 0 saturated heterocycles. The minimum absolute atomic E-state index is 0.113. The quantitative estimate of drug-likeness (QED) is 0.653. The van der Waals surface area contributed by atoms with Crippen molar-refractivity contribution in [1.82, 2.24) is 9.97 Å². The summed E-state index contributed by atoms with van der Waals surface area (Å²) in [4.78, 5) is 20.3. The van der Waals surface area contributed by atoms with Gasteiger partial charge in [-0.2, -0.15) is 0 Å². The molecule has 7 nitrogen and oxygen atoms in total. The number of hydrogen-bond acceptors (Lipinski definition) is 6. The van der Waals surface area contributed by atoms with E-state index >= 15 is 0 Å². The fraction of sp³-hybridized carbons (Fsp3) is 0.211. The number of carbonyl (C=O) groups is 1. The Morgan fingerprint density at radius 2 is 1.85 bits per heavy atom. The summed E-state index contributed by atoms with van der Waals surface area (Å²) >= 11 is 6.17. The van der Waals surface area contributed by atoms with E-state index in [2.05, 4.69) is 20.6 Å². The first-order chi connectivity index (χ1) is 13.0. The SMILES string of the molecule is CCC(=O)Nc1cc(Nc2ncnc3cc(OC)c(OC)cc23)ccc1Cl. The van der Waals surface area contributed by atoms with E-state index in [0.29, 0.717) is 40.0 Å². The van der Waals surface area contributed by atoms with Crippen LogP contribution < -0.4 is 20.1 Å². The zero-order valence-electron chi connectivity index (χ0n) is 15.2. The van der Waals surface area contributed by atoms with Crippen LogP contribution in [0.5, 0.6) is 11.5 Å². The first-order valence-corrected chi connectivity index (χ1v) is 8.66. The highest BCUT2D eigenvalue weighted by molar-refractivity contribution is 6.33. The molecule has 1 amide bonds. The average Bonchev–Trinajstić information content (AvgIpc) is 2.69. The molecule has 0 radical (unpaired) electrons. The second-order valence-corrected chi connectivity index (χ2v) is 6.08. The lowest BCUT2D eigenvalue weighted by atomic mass is 10.2. The van der Waals surface area contributed by atoms with Gasteiger partial charge in [0.2, 0.25) is 5.91 Å². The van der Waals surface area contributed by atoms with Crippen molar-refractivity contribution in [3.05, 3.63) is 41.7 Å². The number of methoxy groups -OCH3 is 2. The molecule has 27 heavy (non-hydrogen) atoms. The van der Waals surface area contributed by atoms with E-state index in [1.54, 1.807) is 45.4 Å². The number of benzene rings is 2. The lowest BCUT2D eigenvalue weighted by Gasteiger charge is -2.13. The molecule has 0 aliphatic heterocycles. The van der Waals surface area contributed by atoms with Gasteiger partial charge in [-0.05, 0) is 24.3 Å². The molecule has 0 fully saturated rings. The number of amides is 1. The van der Waals surface area contributed by atoms with E-state index < -0.39 is 0 Å². The van der Waals surface area contributed by atoms with Crippen molar-refractivity contribution in [1.29, 1.82) is 0 Å². The number of carbonyl (C=O) groups excluding carboxylic acids is 1. The van der Waals surface area contributed by atoms with Crippen LogP contribution in [-0.4, -0.2) is 30.1 Å². The molecule has 0 aliphatic carbocycles.